The van der Waals surface area contributed by atoms with Crippen LogP contribution in [0.2, 0.25) is 5.15 Å². The molecule has 0 saturated carbocycles. The standard InChI is InChI=1S/C14H22ClN3/c1-11(2)18-8-4-3-5-13(18)7-6-12-9-14(15)17-10-16-12/h9-11,13H,3-8H2,1-2H3/t13-/m1/s1. The zero-order chi connectivity index (χ0) is 13.0. The van der Waals surface area contributed by atoms with Crippen LogP contribution in [0.25, 0.3) is 0 Å². The van der Waals surface area contributed by atoms with E-state index in [1.165, 1.54) is 32.2 Å². The van der Waals surface area contributed by atoms with Gasteiger partial charge in [0.05, 0.1) is 0 Å². The van der Waals surface area contributed by atoms with Gasteiger partial charge in [0.2, 0.25) is 0 Å². The molecule has 1 fully saturated rings. The lowest BCUT2D eigenvalue weighted by molar-refractivity contribution is 0.105. The summed E-state index contributed by atoms with van der Waals surface area (Å²) in [7, 11) is 0. The highest BCUT2D eigenvalue weighted by Crippen LogP contribution is 2.23. The molecule has 2 heterocycles. The number of aryl methyl sites for hydroxylation is 1. The minimum absolute atomic E-state index is 0.546. The number of rotatable bonds is 4. The van der Waals surface area contributed by atoms with E-state index in [1.807, 2.05) is 6.07 Å². The SMILES string of the molecule is CC(C)N1CCCC[C@@H]1CCc1cc(Cl)ncn1. The van der Waals surface area contributed by atoms with Crippen molar-refractivity contribution in [2.75, 3.05) is 6.54 Å². The van der Waals surface area contributed by atoms with Gasteiger partial charge in [0.1, 0.15) is 11.5 Å². The summed E-state index contributed by atoms with van der Waals surface area (Å²) in [6.07, 6.45) is 7.74. The lowest BCUT2D eigenvalue weighted by Crippen LogP contribution is -2.44. The van der Waals surface area contributed by atoms with Crippen LogP contribution in [0.4, 0.5) is 0 Å². The summed E-state index contributed by atoms with van der Waals surface area (Å²) in [5.74, 6) is 0. The van der Waals surface area contributed by atoms with Crippen LogP contribution in [-0.4, -0.2) is 33.5 Å². The number of aromatic nitrogens is 2. The predicted molar refractivity (Wildman–Crippen MR) is 74.8 cm³/mol. The third-order valence-electron chi connectivity index (χ3n) is 3.76. The molecule has 1 aromatic rings. The topological polar surface area (TPSA) is 29.0 Å². The molecular weight excluding hydrogens is 246 g/mol. The van der Waals surface area contributed by atoms with Gasteiger partial charge in [-0.3, -0.25) is 4.90 Å². The predicted octanol–water partition coefficient (Wildman–Crippen LogP) is 3.33. The number of hydrogen-bond acceptors (Lipinski definition) is 3. The van der Waals surface area contributed by atoms with Crippen LogP contribution >= 0.6 is 11.6 Å². The van der Waals surface area contributed by atoms with Crippen LogP contribution in [-0.2, 0) is 6.42 Å². The average molecular weight is 268 g/mol. The van der Waals surface area contributed by atoms with E-state index in [9.17, 15) is 0 Å². The summed E-state index contributed by atoms with van der Waals surface area (Å²) in [6.45, 7) is 5.83. The fourth-order valence-electron chi connectivity index (χ4n) is 2.83. The lowest BCUT2D eigenvalue weighted by atomic mass is 9.96. The Kier molecular flexibility index (Phi) is 4.95. The molecule has 0 spiro atoms. The Morgan fingerprint density at radius 2 is 2.22 bits per heavy atom. The van der Waals surface area contributed by atoms with Crippen molar-refractivity contribution in [3.8, 4) is 0 Å². The molecule has 1 aliphatic heterocycles. The maximum Gasteiger partial charge on any atom is 0.132 e. The van der Waals surface area contributed by atoms with Crippen molar-refractivity contribution in [2.45, 2.75) is 58.0 Å². The number of piperidine rings is 1. The highest BCUT2D eigenvalue weighted by atomic mass is 35.5. The molecule has 1 aliphatic rings. The second-order valence-corrected chi connectivity index (χ2v) is 5.74. The maximum atomic E-state index is 5.88. The summed E-state index contributed by atoms with van der Waals surface area (Å²) < 4.78 is 0. The number of halogens is 1. The molecule has 0 aromatic carbocycles. The van der Waals surface area contributed by atoms with Crippen molar-refractivity contribution in [3.05, 3.63) is 23.2 Å². The van der Waals surface area contributed by atoms with Crippen molar-refractivity contribution in [2.24, 2.45) is 0 Å². The van der Waals surface area contributed by atoms with Gasteiger partial charge >= 0.3 is 0 Å². The molecule has 0 amide bonds. The smallest absolute Gasteiger partial charge is 0.132 e. The third kappa shape index (κ3) is 3.66. The van der Waals surface area contributed by atoms with Gasteiger partial charge in [-0.05, 0) is 52.1 Å². The van der Waals surface area contributed by atoms with Gasteiger partial charge in [-0.1, -0.05) is 18.0 Å². The third-order valence-corrected chi connectivity index (χ3v) is 3.97. The molecule has 1 atom stereocenters. The highest BCUT2D eigenvalue weighted by Gasteiger charge is 2.24. The molecule has 0 unspecified atom stereocenters. The largest absolute Gasteiger partial charge is 0.298 e. The van der Waals surface area contributed by atoms with Crippen molar-refractivity contribution < 1.29 is 0 Å². The Morgan fingerprint density at radius 1 is 1.39 bits per heavy atom. The Morgan fingerprint density at radius 3 is 2.94 bits per heavy atom. The molecule has 2 rings (SSSR count). The van der Waals surface area contributed by atoms with Gasteiger partial charge in [-0.25, -0.2) is 9.97 Å². The zero-order valence-corrected chi connectivity index (χ0v) is 12.0. The van der Waals surface area contributed by atoms with E-state index in [2.05, 4.69) is 28.7 Å². The molecule has 18 heavy (non-hydrogen) atoms. The van der Waals surface area contributed by atoms with Gasteiger partial charge in [-0.2, -0.15) is 0 Å². The van der Waals surface area contributed by atoms with Crippen molar-refractivity contribution in [1.29, 1.82) is 0 Å². The minimum atomic E-state index is 0.546. The normalized spacial score (nSPS) is 21.4. The molecule has 1 aromatic heterocycles. The molecule has 4 heteroatoms. The zero-order valence-electron chi connectivity index (χ0n) is 11.3. The fraction of sp³-hybridized carbons (Fsp3) is 0.714. The molecule has 100 valence electrons. The molecule has 0 bridgehead atoms. The number of nitrogens with zero attached hydrogens (tertiary/aromatic N) is 3. The van der Waals surface area contributed by atoms with E-state index in [1.54, 1.807) is 6.33 Å². The van der Waals surface area contributed by atoms with E-state index >= 15 is 0 Å². The molecular formula is C14H22ClN3. The second-order valence-electron chi connectivity index (χ2n) is 5.35. The molecule has 0 aliphatic carbocycles. The molecule has 1 saturated heterocycles. The van der Waals surface area contributed by atoms with Crippen LogP contribution < -0.4 is 0 Å². The first-order valence-corrected chi connectivity index (χ1v) is 7.27. The van der Waals surface area contributed by atoms with E-state index in [0.29, 0.717) is 17.2 Å². The summed E-state index contributed by atoms with van der Waals surface area (Å²) in [6, 6.07) is 3.22. The summed E-state index contributed by atoms with van der Waals surface area (Å²) in [5.41, 5.74) is 1.06. The average Bonchev–Trinajstić information content (AvgIpc) is 2.37. The van der Waals surface area contributed by atoms with Gasteiger partial charge in [0.15, 0.2) is 0 Å². The fourth-order valence-corrected chi connectivity index (χ4v) is 3.00. The van der Waals surface area contributed by atoms with Crippen molar-refractivity contribution in [3.63, 3.8) is 0 Å². The number of hydrogen-bond donors (Lipinski definition) is 0. The van der Waals surface area contributed by atoms with Crippen LogP contribution in [0.3, 0.4) is 0 Å². The minimum Gasteiger partial charge on any atom is -0.298 e. The van der Waals surface area contributed by atoms with E-state index < -0.39 is 0 Å². The first-order valence-electron chi connectivity index (χ1n) is 6.89. The molecule has 0 N–H and O–H groups in total. The van der Waals surface area contributed by atoms with Gasteiger partial charge < -0.3 is 0 Å². The highest BCUT2D eigenvalue weighted by molar-refractivity contribution is 6.29. The van der Waals surface area contributed by atoms with Gasteiger partial charge in [0, 0.05) is 17.8 Å². The quantitative estimate of drug-likeness (QED) is 0.784. The monoisotopic (exact) mass is 267 g/mol. The van der Waals surface area contributed by atoms with Crippen molar-refractivity contribution in [1.82, 2.24) is 14.9 Å². The van der Waals surface area contributed by atoms with Gasteiger partial charge in [0.25, 0.3) is 0 Å². The summed E-state index contributed by atoms with van der Waals surface area (Å²) >= 11 is 5.88. The van der Waals surface area contributed by atoms with Crippen LogP contribution in [0.5, 0.6) is 0 Å². The Bertz CT molecular complexity index is 381. The van der Waals surface area contributed by atoms with Crippen LogP contribution in [0.15, 0.2) is 12.4 Å². The Balaban J connectivity index is 1.91. The first-order chi connectivity index (χ1) is 8.66. The Hall–Kier alpha value is -0.670. The van der Waals surface area contributed by atoms with E-state index in [-0.39, 0.29) is 0 Å². The molecule has 3 nitrogen and oxygen atoms in total. The summed E-state index contributed by atoms with van der Waals surface area (Å²) in [4.78, 5) is 10.8. The lowest BCUT2D eigenvalue weighted by Gasteiger charge is -2.38. The number of likely N-dealkylation sites (tertiary alicyclic amines) is 1. The molecule has 0 radical (unpaired) electrons. The maximum absolute atomic E-state index is 5.88. The van der Waals surface area contributed by atoms with Crippen LogP contribution in [0.1, 0.15) is 45.2 Å². The first kappa shape index (κ1) is 13.8. The Labute approximate surface area is 115 Å². The van der Waals surface area contributed by atoms with Crippen molar-refractivity contribution >= 4 is 11.6 Å². The van der Waals surface area contributed by atoms with E-state index in [4.69, 9.17) is 11.6 Å². The van der Waals surface area contributed by atoms with E-state index in [0.717, 1.165) is 12.1 Å². The van der Waals surface area contributed by atoms with Crippen LogP contribution in [0, 0.1) is 0 Å². The second kappa shape index (κ2) is 6.48. The summed E-state index contributed by atoms with van der Waals surface area (Å²) in [5, 5.41) is 0.546. The van der Waals surface area contributed by atoms with Gasteiger partial charge in [-0.15, -0.1) is 0 Å².